The summed E-state index contributed by atoms with van der Waals surface area (Å²) in [6, 6.07) is 3.14. The summed E-state index contributed by atoms with van der Waals surface area (Å²) in [5, 5.41) is 8.76. The summed E-state index contributed by atoms with van der Waals surface area (Å²) in [6.45, 7) is 1.73. The number of aliphatic carboxylic acids is 1. The van der Waals surface area contributed by atoms with Crippen molar-refractivity contribution in [2.75, 3.05) is 6.61 Å². The first-order chi connectivity index (χ1) is 7.15. The van der Waals surface area contributed by atoms with E-state index in [1.54, 1.807) is 19.1 Å². The van der Waals surface area contributed by atoms with Gasteiger partial charge in [-0.1, -0.05) is 0 Å². The third-order valence-electron chi connectivity index (χ3n) is 1.56. The second-order valence-corrected chi connectivity index (χ2v) is 2.60. The average Bonchev–Trinajstić information content (AvgIpc) is 2.66. The van der Waals surface area contributed by atoms with E-state index in [1.807, 2.05) is 0 Å². The SMILES string of the molecule is CCOC(=O)/C(=C\c1ccco1)C(=O)O. The van der Waals surface area contributed by atoms with E-state index in [1.165, 1.54) is 6.26 Å². The van der Waals surface area contributed by atoms with Gasteiger partial charge in [-0.25, -0.2) is 9.59 Å². The number of hydrogen-bond acceptors (Lipinski definition) is 4. The monoisotopic (exact) mass is 210 g/mol. The Bertz CT molecular complexity index is 375. The zero-order chi connectivity index (χ0) is 11.3. The molecule has 1 heterocycles. The van der Waals surface area contributed by atoms with Crippen LogP contribution in [0.5, 0.6) is 0 Å². The Morgan fingerprint density at radius 2 is 2.33 bits per heavy atom. The standard InChI is InChI=1S/C10H10O5/c1-2-14-10(13)8(9(11)12)6-7-4-3-5-15-7/h3-6H,2H2,1H3,(H,11,12)/b8-6-. The fourth-order valence-corrected chi connectivity index (χ4v) is 0.932. The smallest absolute Gasteiger partial charge is 0.345 e. The maximum Gasteiger partial charge on any atom is 0.345 e. The number of carbonyl (C=O) groups is 2. The highest BCUT2D eigenvalue weighted by molar-refractivity contribution is 6.16. The van der Waals surface area contributed by atoms with Crippen LogP contribution >= 0.6 is 0 Å². The minimum atomic E-state index is -1.34. The molecular weight excluding hydrogens is 200 g/mol. The first-order valence-corrected chi connectivity index (χ1v) is 4.30. The van der Waals surface area contributed by atoms with Crippen molar-refractivity contribution >= 4 is 18.0 Å². The van der Waals surface area contributed by atoms with E-state index in [-0.39, 0.29) is 6.61 Å². The molecule has 0 saturated heterocycles. The van der Waals surface area contributed by atoms with E-state index in [9.17, 15) is 9.59 Å². The molecule has 0 radical (unpaired) electrons. The van der Waals surface area contributed by atoms with Gasteiger partial charge in [-0.15, -0.1) is 0 Å². The van der Waals surface area contributed by atoms with Crippen molar-refractivity contribution in [2.24, 2.45) is 0 Å². The second-order valence-electron chi connectivity index (χ2n) is 2.60. The quantitative estimate of drug-likeness (QED) is 0.351. The Hall–Kier alpha value is -2.04. The molecule has 0 aromatic carbocycles. The summed E-state index contributed by atoms with van der Waals surface area (Å²) in [5.41, 5.74) is -0.452. The third kappa shape index (κ3) is 2.98. The molecule has 1 aromatic rings. The Kier molecular flexibility index (Phi) is 3.68. The van der Waals surface area contributed by atoms with Crippen LogP contribution in [0.25, 0.3) is 6.08 Å². The molecule has 5 heteroatoms. The van der Waals surface area contributed by atoms with E-state index >= 15 is 0 Å². The topological polar surface area (TPSA) is 76.7 Å². The number of hydrogen-bond donors (Lipinski definition) is 1. The van der Waals surface area contributed by atoms with Gasteiger partial charge >= 0.3 is 11.9 Å². The van der Waals surface area contributed by atoms with Gasteiger partial charge < -0.3 is 14.3 Å². The summed E-state index contributed by atoms with van der Waals surface area (Å²) in [4.78, 5) is 21.9. The van der Waals surface area contributed by atoms with Gasteiger partial charge in [-0.3, -0.25) is 0 Å². The van der Waals surface area contributed by atoms with Crippen molar-refractivity contribution in [1.29, 1.82) is 0 Å². The van der Waals surface area contributed by atoms with E-state index in [2.05, 4.69) is 4.74 Å². The lowest BCUT2D eigenvalue weighted by Gasteiger charge is -2.00. The summed E-state index contributed by atoms with van der Waals surface area (Å²) in [7, 11) is 0. The molecule has 0 fully saturated rings. The maximum atomic E-state index is 11.2. The molecule has 0 atom stereocenters. The Labute approximate surface area is 86.0 Å². The van der Waals surface area contributed by atoms with Crippen LogP contribution in [0.4, 0.5) is 0 Å². The van der Waals surface area contributed by atoms with Crippen LogP contribution in [0, 0.1) is 0 Å². The first-order valence-electron chi connectivity index (χ1n) is 4.30. The van der Waals surface area contributed by atoms with Gasteiger partial charge in [-0.05, 0) is 19.1 Å². The Morgan fingerprint density at radius 1 is 1.60 bits per heavy atom. The number of esters is 1. The van der Waals surface area contributed by atoms with Crippen molar-refractivity contribution < 1.29 is 23.8 Å². The number of furan rings is 1. The zero-order valence-electron chi connectivity index (χ0n) is 8.10. The van der Waals surface area contributed by atoms with E-state index in [0.717, 1.165) is 6.08 Å². The van der Waals surface area contributed by atoms with Gasteiger partial charge in [0.15, 0.2) is 0 Å². The highest BCUT2D eigenvalue weighted by atomic mass is 16.5. The van der Waals surface area contributed by atoms with Gasteiger partial charge in [0, 0.05) is 6.08 Å². The lowest BCUT2D eigenvalue weighted by molar-refractivity contribution is -0.143. The van der Waals surface area contributed by atoms with Crippen LogP contribution in [-0.2, 0) is 14.3 Å². The van der Waals surface area contributed by atoms with Crippen LogP contribution in [-0.4, -0.2) is 23.7 Å². The molecule has 5 nitrogen and oxygen atoms in total. The van der Waals surface area contributed by atoms with Crippen molar-refractivity contribution in [3.8, 4) is 0 Å². The molecule has 0 aliphatic carbocycles. The van der Waals surface area contributed by atoms with Crippen molar-refractivity contribution in [3.05, 3.63) is 29.7 Å². The minimum absolute atomic E-state index is 0.127. The van der Waals surface area contributed by atoms with Gasteiger partial charge in [0.05, 0.1) is 12.9 Å². The fraction of sp³-hybridized carbons (Fsp3) is 0.200. The lowest BCUT2D eigenvalue weighted by Crippen LogP contribution is -2.15. The first kappa shape index (κ1) is 11.0. The van der Waals surface area contributed by atoms with Gasteiger partial charge in [0.25, 0.3) is 0 Å². The summed E-state index contributed by atoms with van der Waals surface area (Å²) in [5.74, 6) is -1.92. The van der Waals surface area contributed by atoms with Gasteiger partial charge in [-0.2, -0.15) is 0 Å². The fourth-order valence-electron chi connectivity index (χ4n) is 0.932. The predicted molar refractivity (Wildman–Crippen MR) is 51.0 cm³/mol. The van der Waals surface area contributed by atoms with Crippen LogP contribution in [0.15, 0.2) is 28.4 Å². The molecule has 0 saturated carbocycles. The largest absolute Gasteiger partial charge is 0.477 e. The molecule has 0 spiro atoms. The second kappa shape index (κ2) is 4.99. The van der Waals surface area contributed by atoms with E-state index in [4.69, 9.17) is 9.52 Å². The van der Waals surface area contributed by atoms with Crippen LogP contribution in [0.3, 0.4) is 0 Å². The van der Waals surface area contributed by atoms with Crippen molar-refractivity contribution in [1.82, 2.24) is 0 Å². The summed E-state index contributed by atoms with van der Waals surface area (Å²) >= 11 is 0. The molecule has 0 aliphatic rings. The molecular formula is C10H10O5. The molecule has 0 amide bonds. The van der Waals surface area contributed by atoms with E-state index in [0.29, 0.717) is 5.76 Å². The molecule has 0 bridgehead atoms. The number of carboxylic acid groups (broad SMARTS) is 1. The van der Waals surface area contributed by atoms with Crippen molar-refractivity contribution in [3.63, 3.8) is 0 Å². The van der Waals surface area contributed by atoms with Crippen LogP contribution in [0.1, 0.15) is 12.7 Å². The Morgan fingerprint density at radius 3 is 2.80 bits per heavy atom. The molecule has 80 valence electrons. The van der Waals surface area contributed by atoms with Gasteiger partial charge in [0.2, 0.25) is 0 Å². The third-order valence-corrected chi connectivity index (χ3v) is 1.56. The summed E-state index contributed by atoms with van der Waals surface area (Å²) in [6.07, 6.45) is 2.51. The molecule has 1 aromatic heterocycles. The molecule has 0 aliphatic heterocycles. The normalized spacial score (nSPS) is 11.1. The maximum absolute atomic E-state index is 11.2. The molecule has 1 N–H and O–H groups in total. The Balaban J connectivity index is 2.92. The molecule has 0 unspecified atom stereocenters. The summed E-state index contributed by atoms with van der Waals surface area (Å²) < 4.78 is 9.48. The van der Waals surface area contributed by atoms with Crippen molar-refractivity contribution in [2.45, 2.75) is 6.92 Å². The lowest BCUT2D eigenvalue weighted by atomic mass is 10.2. The number of carboxylic acids is 1. The molecule has 1 rings (SSSR count). The average molecular weight is 210 g/mol. The zero-order valence-corrected chi connectivity index (χ0v) is 8.10. The van der Waals surface area contributed by atoms with Crippen LogP contribution in [0.2, 0.25) is 0 Å². The van der Waals surface area contributed by atoms with E-state index < -0.39 is 17.5 Å². The predicted octanol–water partition coefficient (Wildman–Crippen LogP) is 1.31. The highest BCUT2D eigenvalue weighted by Gasteiger charge is 2.18. The van der Waals surface area contributed by atoms with Gasteiger partial charge in [0.1, 0.15) is 11.3 Å². The number of carbonyl (C=O) groups excluding carboxylic acids is 1. The highest BCUT2D eigenvalue weighted by Crippen LogP contribution is 2.09. The number of rotatable bonds is 4. The minimum Gasteiger partial charge on any atom is -0.477 e. The molecule has 15 heavy (non-hydrogen) atoms. The van der Waals surface area contributed by atoms with Crippen LogP contribution < -0.4 is 0 Å². The number of ether oxygens (including phenoxy) is 1.